The van der Waals surface area contributed by atoms with E-state index in [-0.39, 0.29) is 11.9 Å². The summed E-state index contributed by atoms with van der Waals surface area (Å²) in [6, 6.07) is 7.40. The standard InChI is InChI=1S/C17H25FN2O/c1-19-10-5-4-6-14(19)9-11-20-12-15(13-20)21-17-8-3-2-7-16(17)18/h2-3,7-8,14-15H,4-6,9-13H2,1H3/t14-/m0/s1. The first-order valence-corrected chi connectivity index (χ1v) is 8.06. The molecule has 4 heteroatoms. The second-order valence-corrected chi connectivity index (χ2v) is 6.35. The van der Waals surface area contributed by atoms with Gasteiger partial charge in [-0.2, -0.15) is 0 Å². The van der Waals surface area contributed by atoms with Crippen molar-refractivity contribution in [3.8, 4) is 5.75 Å². The summed E-state index contributed by atoms with van der Waals surface area (Å²) in [6.07, 6.45) is 5.43. The Morgan fingerprint density at radius 3 is 2.81 bits per heavy atom. The predicted molar refractivity (Wildman–Crippen MR) is 82.1 cm³/mol. The summed E-state index contributed by atoms with van der Waals surface area (Å²) in [7, 11) is 2.24. The largest absolute Gasteiger partial charge is 0.485 e. The molecule has 1 atom stereocenters. The minimum atomic E-state index is -0.264. The summed E-state index contributed by atoms with van der Waals surface area (Å²) >= 11 is 0. The number of para-hydroxylation sites is 1. The molecule has 0 radical (unpaired) electrons. The quantitative estimate of drug-likeness (QED) is 0.830. The zero-order valence-corrected chi connectivity index (χ0v) is 12.8. The maximum Gasteiger partial charge on any atom is 0.165 e. The third-order valence-electron chi connectivity index (χ3n) is 4.75. The summed E-state index contributed by atoms with van der Waals surface area (Å²) in [5.41, 5.74) is 0. The normalized spacial score (nSPS) is 24.8. The van der Waals surface area contributed by atoms with Crippen molar-refractivity contribution >= 4 is 0 Å². The van der Waals surface area contributed by atoms with E-state index in [4.69, 9.17) is 4.74 Å². The van der Waals surface area contributed by atoms with Crippen molar-refractivity contribution in [3.05, 3.63) is 30.1 Å². The molecule has 2 saturated heterocycles. The van der Waals surface area contributed by atoms with Gasteiger partial charge in [-0.3, -0.25) is 4.90 Å². The highest BCUT2D eigenvalue weighted by Gasteiger charge is 2.30. The number of ether oxygens (including phenoxy) is 1. The number of halogens is 1. The zero-order chi connectivity index (χ0) is 14.7. The number of rotatable bonds is 5. The smallest absolute Gasteiger partial charge is 0.165 e. The van der Waals surface area contributed by atoms with Crippen molar-refractivity contribution in [2.24, 2.45) is 0 Å². The third kappa shape index (κ3) is 3.74. The Bertz CT molecular complexity index is 462. The lowest BCUT2D eigenvalue weighted by Gasteiger charge is -2.41. The first-order valence-electron chi connectivity index (χ1n) is 8.06. The number of piperidine rings is 1. The molecule has 3 rings (SSSR count). The Morgan fingerprint density at radius 1 is 1.24 bits per heavy atom. The molecule has 0 unspecified atom stereocenters. The molecule has 1 aromatic rings. The summed E-state index contributed by atoms with van der Waals surface area (Å²) in [6.45, 7) is 4.21. The van der Waals surface area contributed by atoms with Crippen LogP contribution in [0.4, 0.5) is 4.39 Å². The van der Waals surface area contributed by atoms with Crippen molar-refractivity contribution in [2.45, 2.75) is 37.8 Å². The minimum Gasteiger partial charge on any atom is -0.485 e. The summed E-state index contributed by atoms with van der Waals surface area (Å²) in [5.74, 6) is 0.119. The fourth-order valence-electron chi connectivity index (χ4n) is 3.34. The molecule has 0 bridgehead atoms. The number of benzene rings is 1. The van der Waals surface area contributed by atoms with Crippen LogP contribution >= 0.6 is 0 Å². The van der Waals surface area contributed by atoms with E-state index in [1.807, 2.05) is 6.07 Å². The summed E-state index contributed by atoms with van der Waals surface area (Å²) in [4.78, 5) is 4.91. The average molecular weight is 292 g/mol. The Labute approximate surface area is 126 Å². The lowest BCUT2D eigenvalue weighted by atomic mass is 9.99. The first-order chi connectivity index (χ1) is 10.2. The summed E-state index contributed by atoms with van der Waals surface area (Å²) < 4.78 is 19.2. The van der Waals surface area contributed by atoms with Gasteiger partial charge in [-0.05, 0) is 51.5 Å². The number of hydrogen-bond acceptors (Lipinski definition) is 3. The highest BCUT2D eigenvalue weighted by atomic mass is 19.1. The van der Waals surface area contributed by atoms with Gasteiger partial charge < -0.3 is 9.64 Å². The Kier molecular flexibility index (Phi) is 4.76. The van der Waals surface area contributed by atoms with E-state index in [1.165, 1.54) is 38.3 Å². The molecule has 3 nitrogen and oxygen atoms in total. The van der Waals surface area contributed by atoms with Gasteiger partial charge in [0, 0.05) is 19.1 Å². The molecule has 2 aliphatic rings. The predicted octanol–water partition coefficient (Wildman–Crippen LogP) is 2.76. The van der Waals surface area contributed by atoms with Crippen molar-refractivity contribution < 1.29 is 9.13 Å². The molecule has 0 aliphatic carbocycles. The van der Waals surface area contributed by atoms with Crippen LogP contribution in [0.1, 0.15) is 25.7 Å². The van der Waals surface area contributed by atoms with Gasteiger partial charge in [0.25, 0.3) is 0 Å². The summed E-state index contributed by atoms with van der Waals surface area (Å²) in [5, 5.41) is 0. The fraction of sp³-hybridized carbons (Fsp3) is 0.647. The maximum absolute atomic E-state index is 13.5. The van der Waals surface area contributed by atoms with Gasteiger partial charge in [-0.25, -0.2) is 4.39 Å². The molecule has 0 amide bonds. The van der Waals surface area contributed by atoms with E-state index in [9.17, 15) is 4.39 Å². The van der Waals surface area contributed by atoms with Crippen LogP contribution in [0.2, 0.25) is 0 Å². The molecule has 1 aromatic carbocycles. The van der Waals surface area contributed by atoms with Gasteiger partial charge >= 0.3 is 0 Å². The molecule has 116 valence electrons. The molecular formula is C17H25FN2O. The van der Waals surface area contributed by atoms with Crippen molar-refractivity contribution in [1.82, 2.24) is 9.80 Å². The number of likely N-dealkylation sites (tertiary alicyclic amines) is 2. The third-order valence-corrected chi connectivity index (χ3v) is 4.75. The van der Waals surface area contributed by atoms with Gasteiger partial charge in [0.05, 0.1) is 0 Å². The van der Waals surface area contributed by atoms with Crippen LogP contribution in [0, 0.1) is 5.82 Å². The average Bonchev–Trinajstić information content (AvgIpc) is 2.45. The van der Waals surface area contributed by atoms with E-state index >= 15 is 0 Å². The monoisotopic (exact) mass is 292 g/mol. The van der Waals surface area contributed by atoms with Gasteiger partial charge in [0.1, 0.15) is 6.10 Å². The molecule has 2 aliphatic heterocycles. The first kappa shape index (κ1) is 14.8. The van der Waals surface area contributed by atoms with Crippen LogP contribution < -0.4 is 4.74 Å². The Morgan fingerprint density at radius 2 is 2.05 bits per heavy atom. The van der Waals surface area contributed by atoms with Crippen LogP contribution in [0.5, 0.6) is 5.75 Å². The Hall–Kier alpha value is -1.13. The highest BCUT2D eigenvalue weighted by Crippen LogP contribution is 2.23. The topological polar surface area (TPSA) is 15.7 Å². The van der Waals surface area contributed by atoms with E-state index < -0.39 is 0 Å². The van der Waals surface area contributed by atoms with Gasteiger partial charge in [-0.1, -0.05) is 18.6 Å². The van der Waals surface area contributed by atoms with E-state index in [1.54, 1.807) is 12.1 Å². The van der Waals surface area contributed by atoms with Crippen LogP contribution in [-0.4, -0.2) is 55.2 Å². The van der Waals surface area contributed by atoms with E-state index in [0.29, 0.717) is 5.75 Å². The van der Waals surface area contributed by atoms with Crippen molar-refractivity contribution in [1.29, 1.82) is 0 Å². The van der Waals surface area contributed by atoms with E-state index in [0.717, 1.165) is 25.7 Å². The van der Waals surface area contributed by atoms with Gasteiger partial charge in [-0.15, -0.1) is 0 Å². The van der Waals surface area contributed by atoms with E-state index in [2.05, 4.69) is 16.8 Å². The maximum atomic E-state index is 13.5. The molecule has 2 fully saturated rings. The van der Waals surface area contributed by atoms with Crippen LogP contribution in [0.3, 0.4) is 0 Å². The molecule has 0 N–H and O–H groups in total. The zero-order valence-electron chi connectivity index (χ0n) is 12.8. The lowest BCUT2D eigenvalue weighted by molar-refractivity contribution is 0.0110. The molecular weight excluding hydrogens is 267 g/mol. The second kappa shape index (κ2) is 6.75. The van der Waals surface area contributed by atoms with Gasteiger partial charge in [0.2, 0.25) is 0 Å². The van der Waals surface area contributed by atoms with Crippen LogP contribution in [-0.2, 0) is 0 Å². The van der Waals surface area contributed by atoms with Crippen LogP contribution in [0.25, 0.3) is 0 Å². The van der Waals surface area contributed by atoms with Gasteiger partial charge in [0.15, 0.2) is 11.6 Å². The van der Waals surface area contributed by atoms with Crippen LogP contribution in [0.15, 0.2) is 24.3 Å². The molecule has 0 spiro atoms. The lowest BCUT2D eigenvalue weighted by Crippen LogP contribution is -2.54. The van der Waals surface area contributed by atoms with Crippen molar-refractivity contribution in [2.75, 3.05) is 33.2 Å². The second-order valence-electron chi connectivity index (χ2n) is 6.35. The molecule has 0 aromatic heterocycles. The van der Waals surface area contributed by atoms with Crippen molar-refractivity contribution in [3.63, 3.8) is 0 Å². The molecule has 0 saturated carbocycles. The number of nitrogens with zero attached hydrogens (tertiary/aromatic N) is 2. The molecule has 2 heterocycles. The minimum absolute atomic E-state index is 0.144. The molecule has 21 heavy (non-hydrogen) atoms. The number of hydrogen-bond donors (Lipinski definition) is 0. The fourth-order valence-corrected chi connectivity index (χ4v) is 3.34. The SMILES string of the molecule is CN1CCCC[C@H]1CCN1CC(Oc2ccccc2F)C1. The highest BCUT2D eigenvalue weighted by molar-refractivity contribution is 5.24. The Balaban J connectivity index is 1.37.